The van der Waals surface area contributed by atoms with Gasteiger partial charge in [0.05, 0.1) is 12.1 Å². The lowest BCUT2D eigenvalue weighted by Crippen LogP contribution is -2.44. The minimum atomic E-state index is -1.89. The minimum Gasteiger partial charge on any atom is -0.495 e. The van der Waals surface area contributed by atoms with Crippen molar-refractivity contribution in [2.24, 2.45) is 0 Å². The van der Waals surface area contributed by atoms with Crippen LogP contribution in [0.2, 0.25) is 23.2 Å². The number of nitrogens with one attached hydrogen (secondary N) is 1. The smallest absolute Gasteiger partial charge is 0.303 e. The second-order valence-electron chi connectivity index (χ2n) is 9.03. The van der Waals surface area contributed by atoms with Gasteiger partial charge in [0, 0.05) is 17.1 Å². The first-order valence-corrected chi connectivity index (χ1v) is 16.8. The van der Waals surface area contributed by atoms with Crippen LogP contribution in [0.5, 0.6) is 5.75 Å². The van der Waals surface area contributed by atoms with Gasteiger partial charge in [0.15, 0.2) is 6.04 Å². The van der Waals surface area contributed by atoms with Crippen molar-refractivity contribution >= 4 is 48.5 Å². The van der Waals surface area contributed by atoms with E-state index in [0.29, 0.717) is 29.4 Å². The number of benzene rings is 2. The molecule has 3 rings (SSSR count). The van der Waals surface area contributed by atoms with Crippen LogP contribution in [0.25, 0.3) is 0 Å². The predicted octanol–water partition coefficient (Wildman–Crippen LogP) is 6.89. The van der Waals surface area contributed by atoms with Crippen molar-refractivity contribution in [2.75, 3.05) is 18.6 Å². The summed E-state index contributed by atoms with van der Waals surface area (Å²) in [4.78, 5) is 29.8. The molecule has 0 spiro atoms. The van der Waals surface area contributed by atoms with E-state index < -0.39 is 20.0 Å². The maximum atomic E-state index is 13.9. The monoisotopic (exact) mass is 566 g/mol. The van der Waals surface area contributed by atoms with Gasteiger partial charge in [-0.2, -0.15) is 0 Å². The number of anilines is 1. The molecule has 0 saturated carbocycles. The maximum Gasteiger partial charge on any atom is 0.303 e. The number of thiophene rings is 1. The highest BCUT2D eigenvalue weighted by Crippen LogP contribution is 2.35. The third-order valence-electron chi connectivity index (χ3n) is 6.97. The lowest BCUT2D eigenvalue weighted by Gasteiger charge is -2.29. The average Bonchev–Trinajstić information content (AvgIpc) is 3.47. The Labute approximate surface area is 236 Å². The summed E-state index contributed by atoms with van der Waals surface area (Å²) in [6.07, 6.45) is 0.684. The third kappa shape index (κ3) is 7.28. The van der Waals surface area contributed by atoms with E-state index in [1.807, 2.05) is 47.8 Å². The van der Waals surface area contributed by atoms with Crippen LogP contribution in [0.15, 0.2) is 66.0 Å². The van der Waals surface area contributed by atoms with Crippen molar-refractivity contribution in [3.63, 3.8) is 0 Å². The summed E-state index contributed by atoms with van der Waals surface area (Å²) in [5.74, 6) is 2.75. The van der Waals surface area contributed by atoms with Gasteiger partial charge >= 0.3 is 5.91 Å². The molecule has 1 unspecified atom stereocenters. The molecule has 2 amide bonds. The van der Waals surface area contributed by atoms with Crippen LogP contribution in [0, 0.1) is 11.5 Å². The SMILES string of the molecule is CC[Si](C#CC(=O)N(c1ccc(OC)c(Cl)c1)C(C(=O)NCCc1ccccc1)c1cccs1)(CC)CC. The van der Waals surface area contributed by atoms with Crippen LogP contribution in [-0.2, 0) is 16.0 Å². The predicted molar refractivity (Wildman–Crippen MR) is 161 cm³/mol. The Morgan fingerprint density at radius 2 is 1.76 bits per heavy atom. The molecule has 0 aliphatic rings. The average molecular weight is 567 g/mol. The number of ether oxygens (including phenoxy) is 1. The van der Waals surface area contributed by atoms with Gasteiger partial charge in [0.1, 0.15) is 13.8 Å². The van der Waals surface area contributed by atoms with Gasteiger partial charge in [-0.3, -0.25) is 14.5 Å². The van der Waals surface area contributed by atoms with Gasteiger partial charge in [0.25, 0.3) is 0 Å². The molecule has 0 fully saturated rings. The fraction of sp³-hybridized carbons (Fsp3) is 0.333. The van der Waals surface area contributed by atoms with E-state index >= 15 is 0 Å². The molecule has 0 radical (unpaired) electrons. The second kappa shape index (κ2) is 14.2. The number of amides is 2. The standard InChI is InChI=1S/C30H35ClN2O3SSi/c1-5-38(6-2,7-3)21-18-28(34)33(24-15-16-26(36-4)25(31)22-24)29(27-14-11-20-37-27)30(35)32-19-17-23-12-9-8-10-13-23/h8-16,20,22,29H,5-7,17,19H2,1-4H3,(H,32,35). The largest absolute Gasteiger partial charge is 0.495 e. The number of rotatable bonds is 11. The first-order valence-electron chi connectivity index (χ1n) is 12.9. The van der Waals surface area contributed by atoms with E-state index in [4.69, 9.17) is 16.3 Å². The van der Waals surface area contributed by atoms with E-state index in [-0.39, 0.29) is 5.91 Å². The molecule has 1 N–H and O–H groups in total. The van der Waals surface area contributed by atoms with Gasteiger partial charge in [-0.05, 0) is 65.7 Å². The molecule has 5 nitrogen and oxygen atoms in total. The lowest BCUT2D eigenvalue weighted by atomic mass is 10.1. The van der Waals surface area contributed by atoms with Crippen LogP contribution in [0.4, 0.5) is 5.69 Å². The summed E-state index contributed by atoms with van der Waals surface area (Å²) in [6.45, 7) is 6.88. The number of carbonyl (C=O) groups is 2. The molecule has 3 aromatic rings. The van der Waals surface area contributed by atoms with E-state index in [1.165, 1.54) is 23.3 Å². The zero-order chi connectivity index (χ0) is 27.5. The van der Waals surface area contributed by atoms with Crippen LogP contribution in [0.3, 0.4) is 0 Å². The minimum absolute atomic E-state index is 0.268. The fourth-order valence-corrected chi connectivity index (χ4v) is 7.81. The molecular formula is C30H35ClN2O3SSi. The van der Waals surface area contributed by atoms with E-state index in [9.17, 15) is 9.59 Å². The summed E-state index contributed by atoms with van der Waals surface area (Å²) in [6, 6.07) is 20.9. The third-order valence-corrected chi connectivity index (χ3v) is 12.9. The molecule has 8 heteroatoms. The van der Waals surface area contributed by atoms with Crippen LogP contribution < -0.4 is 15.0 Å². The number of carbonyl (C=O) groups excluding carboxylic acids is 2. The van der Waals surface area contributed by atoms with Crippen LogP contribution >= 0.6 is 22.9 Å². The van der Waals surface area contributed by atoms with Gasteiger partial charge < -0.3 is 10.1 Å². The number of halogens is 1. The first kappa shape index (κ1) is 29.5. The Morgan fingerprint density at radius 1 is 1.05 bits per heavy atom. The molecule has 1 heterocycles. The molecule has 0 aliphatic carbocycles. The van der Waals surface area contributed by atoms with Crippen molar-refractivity contribution in [2.45, 2.75) is 51.4 Å². The molecule has 0 bridgehead atoms. The topological polar surface area (TPSA) is 58.6 Å². The number of hydrogen-bond donors (Lipinski definition) is 1. The van der Waals surface area contributed by atoms with Crippen molar-refractivity contribution in [3.05, 3.63) is 81.5 Å². The van der Waals surface area contributed by atoms with Crippen molar-refractivity contribution < 1.29 is 14.3 Å². The summed E-state index contributed by atoms with van der Waals surface area (Å²) >= 11 is 7.89. The molecular weight excluding hydrogens is 532 g/mol. The molecule has 1 aromatic heterocycles. The van der Waals surface area contributed by atoms with Gasteiger partial charge in [-0.1, -0.05) is 68.8 Å². The number of hydrogen-bond acceptors (Lipinski definition) is 4. The van der Waals surface area contributed by atoms with Crippen LogP contribution in [0.1, 0.15) is 37.3 Å². The zero-order valence-electron chi connectivity index (χ0n) is 22.4. The van der Waals surface area contributed by atoms with Crippen LogP contribution in [-0.4, -0.2) is 33.5 Å². The molecule has 1 atom stereocenters. The Morgan fingerprint density at radius 3 is 2.34 bits per heavy atom. The molecule has 0 saturated heterocycles. The summed E-state index contributed by atoms with van der Waals surface area (Å²) in [7, 11) is -0.356. The Hall–Kier alpha value is -3.05. The highest BCUT2D eigenvalue weighted by atomic mass is 35.5. The van der Waals surface area contributed by atoms with E-state index in [2.05, 4.69) is 37.6 Å². The molecule has 200 valence electrons. The molecule has 38 heavy (non-hydrogen) atoms. The Bertz CT molecular complexity index is 1260. The first-order chi connectivity index (χ1) is 18.4. The zero-order valence-corrected chi connectivity index (χ0v) is 25.0. The maximum absolute atomic E-state index is 13.9. The number of methoxy groups -OCH3 is 1. The van der Waals surface area contributed by atoms with Gasteiger partial charge in [0.2, 0.25) is 5.91 Å². The van der Waals surface area contributed by atoms with E-state index in [0.717, 1.165) is 28.6 Å². The van der Waals surface area contributed by atoms with Gasteiger partial charge in [-0.25, -0.2) is 0 Å². The van der Waals surface area contributed by atoms with Crippen molar-refractivity contribution in [3.8, 4) is 17.2 Å². The summed E-state index contributed by atoms with van der Waals surface area (Å²) in [5, 5.41) is 5.30. The van der Waals surface area contributed by atoms with Crippen molar-refractivity contribution in [1.82, 2.24) is 5.32 Å². The summed E-state index contributed by atoms with van der Waals surface area (Å²) < 4.78 is 5.32. The fourth-order valence-electron chi connectivity index (χ4n) is 4.34. The molecule has 2 aromatic carbocycles. The highest BCUT2D eigenvalue weighted by Gasteiger charge is 2.34. The number of nitrogens with zero attached hydrogens (tertiary/aromatic N) is 1. The molecule has 0 aliphatic heterocycles. The quantitative estimate of drug-likeness (QED) is 0.203. The Balaban J connectivity index is 2.02. The highest BCUT2D eigenvalue weighted by molar-refractivity contribution is 7.10. The normalized spacial score (nSPS) is 11.7. The van der Waals surface area contributed by atoms with Crippen molar-refractivity contribution in [1.29, 1.82) is 0 Å². The van der Waals surface area contributed by atoms with E-state index in [1.54, 1.807) is 18.2 Å². The lowest BCUT2D eigenvalue weighted by molar-refractivity contribution is -0.125. The second-order valence-corrected chi connectivity index (χ2v) is 15.3. The summed E-state index contributed by atoms with van der Waals surface area (Å²) in [5.41, 5.74) is 5.00. The van der Waals surface area contributed by atoms with Gasteiger partial charge in [-0.15, -0.1) is 16.9 Å². The Kier molecular flexibility index (Phi) is 11.0.